The summed E-state index contributed by atoms with van der Waals surface area (Å²) in [6.07, 6.45) is 2.22. The van der Waals surface area contributed by atoms with Gasteiger partial charge in [0.15, 0.2) is 0 Å². The summed E-state index contributed by atoms with van der Waals surface area (Å²) < 4.78 is 30.9. The Hall–Kier alpha value is -1.11. The van der Waals surface area contributed by atoms with Crippen molar-refractivity contribution >= 4 is 25.5 Å². The molecule has 1 N–H and O–H groups in total. The molecule has 0 aliphatic heterocycles. The number of ketones is 1. The van der Waals surface area contributed by atoms with E-state index in [9.17, 15) is 13.2 Å². The molecule has 0 radical (unpaired) electrons. The second kappa shape index (κ2) is 10.0. The standard InChI is InChI=1S/C24H28N2O3S.ClH.Rh/c1-23(2)14-13-19-15-20(27)24(19,23)16-30(28,29)26-22(18-11-7-4-8-12-18)21(25)17-9-5-3-6-10-17;;/h3-12,19,21-22,25H,13-16H2,1-2H3;1H;/q-2;;+3/p-1/t19?,21-,22-,24?;;/m0../s1. The van der Waals surface area contributed by atoms with Gasteiger partial charge in [0.1, 0.15) is 5.78 Å². The van der Waals surface area contributed by atoms with Crippen molar-refractivity contribution in [2.24, 2.45) is 16.7 Å². The molecule has 174 valence electrons. The van der Waals surface area contributed by atoms with Gasteiger partial charge >= 0.3 is 27.0 Å². The van der Waals surface area contributed by atoms with Gasteiger partial charge in [0.05, 0.1) is 10.0 Å². The third-order valence-corrected chi connectivity index (χ3v) is 8.62. The van der Waals surface area contributed by atoms with E-state index in [0.29, 0.717) is 17.5 Å². The van der Waals surface area contributed by atoms with E-state index >= 15 is 0 Å². The number of hydrogen-bond acceptors (Lipinski definition) is 3. The number of sulfonamides is 1. The van der Waals surface area contributed by atoms with Gasteiger partial charge in [-0.05, 0) is 24.2 Å². The minimum absolute atomic E-state index is 0.0514. The Morgan fingerprint density at radius 2 is 1.59 bits per heavy atom. The summed E-state index contributed by atoms with van der Waals surface area (Å²) in [6.45, 7) is 4.01. The molecule has 2 aromatic carbocycles. The molecule has 5 nitrogen and oxygen atoms in total. The summed E-state index contributed by atoms with van der Waals surface area (Å²) in [6, 6.07) is 16.6. The van der Waals surface area contributed by atoms with Crippen LogP contribution in [0.25, 0.3) is 10.5 Å². The van der Waals surface area contributed by atoms with E-state index < -0.39 is 27.5 Å². The first-order valence-corrected chi connectivity index (χ1v) is 14.3. The average molecular weight is 563 g/mol. The number of nitrogens with zero attached hydrogens (tertiary/aromatic N) is 1. The SMILES string of the molecule is CC1(C)CCC2CC(=O)C21CS(=O)(=O)[N-][C@@H](c1ccccc1)[C@@H]([NH-])c1ccccc1.[Cl][Rh+2]. The normalized spacial score (nSPS) is 25.7. The Labute approximate surface area is 205 Å². The number of rotatable bonds is 7. The Kier molecular flexibility index (Phi) is 7.99. The molecule has 2 unspecified atom stereocenters. The van der Waals surface area contributed by atoms with E-state index in [1.54, 1.807) is 0 Å². The summed E-state index contributed by atoms with van der Waals surface area (Å²) in [7, 11) is 0.604. The first-order valence-electron chi connectivity index (χ1n) is 10.6. The van der Waals surface area contributed by atoms with Crippen molar-refractivity contribution < 1.29 is 30.5 Å². The summed E-state index contributed by atoms with van der Waals surface area (Å²) in [4.78, 5) is 12.7. The van der Waals surface area contributed by atoms with Crippen LogP contribution >= 0.6 is 9.69 Å². The zero-order valence-corrected chi connectivity index (χ0v) is 21.3. The van der Waals surface area contributed by atoms with Crippen LogP contribution in [0.4, 0.5) is 0 Å². The van der Waals surface area contributed by atoms with Crippen molar-refractivity contribution in [2.45, 2.75) is 45.2 Å². The summed E-state index contributed by atoms with van der Waals surface area (Å²) in [5.74, 6) is -0.0713. The zero-order valence-electron chi connectivity index (χ0n) is 18.1. The average Bonchev–Trinajstić information content (AvgIpc) is 2.99. The molecule has 0 aromatic heterocycles. The van der Waals surface area contributed by atoms with Crippen LogP contribution in [-0.2, 0) is 32.1 Å². The van der Waals surface area contributed by atoms with Crippen LogP contribution in [0.2, 0.25) is 0 Å². The Morgan fingerprint density at radius 3 is 2.09 bits per heavy atom. The molecule has 0 amide bonds. The zero-order chi connectivity index (χ0) is 23.6. The van der Waals surface area contributed by atoms with Crippen LogP contribution in [0.15, 0.2) is 60.7 Å². The van der Waals surface area contributed by atoms with Crippen LogP contribution in [0, 0.1) is 16.7 Å². The number of benzene rings is 2. The molecule has 2 aliphatic carbocycles. The molecule has 0 saturated heterocycles. The van der Waals surface area contributed by atoms with Gasteiger partial charge in [-0.15, -0.1) is 12.1 Å². The number of nitrogens with one attached hydrogen (secondary N) is 1. The van der Waals surface area contributed by atoms with Crippen molar-refractivity contribution in [3.63, 3.8) is 0 Å². The van der Waals surface area contributed by atoms with Crippen LogP contribution < -0.4 is 0 Å². The molecule has 8 heteroatoms. The number of carbonyl (C=O) groups is 1. The third-order valence-electron chi connectivity index (χ3n) is 7.25. The van der Waals surface area contributed by atoms with Crippen molar-refractivity contribution in [1.82, 2.24) is 0 Å². The molecular weight excluding hydrogens is 535 g/mol. The molecular formula is C24H28ClN2O3RhS. The van der Waals surface area contributed by atoms with Gasteiger partial charge in [-0.3, -0.25) is 4.79 Å². The fraction of sp³-hybridized carbons (Fsp3) is 0.458. The number of fused-ring (bicyclic) bond motifs is 1. The van der Waals surface area contributed by atoms with Crippen molar-refractivity contribution in [3.8, 4) is 0 Å². The Bertz CT molecular complexity index is 1030. The van der Waals surface area contributed by atoms with Gasteiger partial charge in [-0.2, -0.15) is 0 Å². The van der Waals surface area contributed by atoms with Crippen molar-refractivity contribution in [3.05, 3.63) is 82.2 Å². The monoisotopic (exact) mass is 562 g/mol. The van der Waals surface area contributed by atoms with Gasteiger partial charge in [0.2, 0.25) is 0 Å². The van der Waals surface area contributed by atoms with Crippen LogP contribution in [0.5, 0.6) is 0 Å². The molecule has 2 aliphatic rings. The predicted molar refractivity (Wildman–Crippen MR) is 124 cm³/mol. The van der Waals surface area contributed by atoms with E-state index in [1.807, 2.05) is 91.8 Å². The first kappa shape index (κ1) is 25.5. The number of halogens is 1. The van der Waals surface area contributed by atoms with E-state index in [4.69, 9.17) is 5.73 Å². The molecule has 0 bridgehead atoms. The first-order chi connectivity index (χ1) is 15.2. The van der Waals surface area contributed by atoms with Crippen LogP contribution in [0.3, 0.4) is 0 Å². The third kappa shape index (κ3) is 4.74. The summed E-state index contributed by atoms with van der Waals surface area (Å²) >= 11 is 2.02. The molecule has 32 heavy (non-hydrogen) atoms. The summed E-state index contributed by atoms with van der Waals surface area (Å²) in [5.41, 5.74) is 8.98. The second-order valence-corrected chi connectivity index (χ2v) is 11.0. The van der Waals surface area contributed by atoms with Crippen molar-refractivity contribution in [1.29, 1.82) is 0 Å². The van der Waals surface area contributed by atoms with Gasteiger partial charge in [-0.25, -0.2) is 8.42 Å². The quantitative estimate of drug-likeness (QED) is 0.371. The molecule has 2 saturated carbocycles. The van der Waals surface area contributed by atoms with E-state index in [1.165, 1.54) is 0 Å². The van der Waals surface area contributed by atoms with E-state index in [0.717, 1.165) is 12.8 Å². The minimum atomic E-state index is -3.93. The maximum atomic E-state index is 13.3. The fourth-order valence-corrected chi connectivity index (χ4v) is 7.44. The van der Waals surface area contributed by atoms with Gasteiger partial charge < -0.3 is 10.5 Å². The van der Waals surface area contributed by atoms with Crippen molar-refractivity contribution in [2.75, 3.05) is 5.75 Å². The van der Waals surface area contributed by atoms with Crippen LogP contribution in [-0.4, -0.2) is 20.0 Å². The van der Waals surface area contributed by atoms with Gasteiger partial charge in [-0.1, -0.05) is 85.6 Å². The number of Topliss-reactive ketones (excluding diaryl/α,β-unsaturated/α-hetero) is 1. The second-order valence-electron chi connectivity index (χ2n) is 9.29. The molecule has 2 aromatic rings. The van der Waals surface area contributed by atoms with Gasteiger partial charge in [0.25, 0.3) is 0 Å². The molecule has 0 heterocycles. The van der Waals surface area contributed by atoms with Crippen LogP contribution in [0.1, 0.15) is 56.3 Å². The molecule has 4 atom stereocenters. The fourth-order valence-electron chi connectivity index (χ4n) is 5.41. The molecule has 4 rings (SSSR count). The number of hydrogen-bond donors (Lipinski definition) is 0. The maximum absolute atomic E-state index is 13.3. The number of carbonyl (C=O) groups excluding carboxylic acids is 1. The molecule has 0 spiro atoms. The summed E-state index contributed by atoms with van der Waals surface area (Å²) in [5, 5.41) is 0. The topological polar surface area (TPSA) is 89.1 Å². The Balaban J connectivity index is 0.00000141. The van der Waals surface area contributed by atoms with Gasteiger partial charge in [0, 0.05) is 17.6 Å². The predicted octanol–water partition coefficient (Wildman–Crippen LogP) is 6.31. The Morgan fingerprint density at radius 1 is 1.06 bits per heavy atom. The van der Waals surface area contributed by atoms with E-state index in [2.05, 4.69) is 14.4 Å². The van der Waals surface area contributed by atoms with E-state index in [-0.39, 0.29) is 22.9 Å². The molecule has 2 fully saturated rings.